The number of aromatic amines is 1. The van der Waals surface area contributed by atoms with Crippen LogP contribution in [0, 0.1) is 13.8 Å². The molecule has 0 fully saturated rings. The molecule has 0 bridgehead atoms. The first kappa shape index (κ1) is 21.8. The average molecular weight is 407 g/mol. The number of hydrogen-bond donors (Lipinski definition) is 1. The number of ketones is 1. The maximum atomic E-state index is 13.3. The second kappa shape index (κ2) is 9.66. The van der Waals surface area contributed by atoms with Gasteiger partial charge in [-0.2, -0.15) is 0 Å². The van der Waals surface area contributed by atoms with Crippen molar-refractivity contribution in [1.82, 2.24) is 9.88 Å². The number of nitrogens with zero attached hydrogens (tertiary/aromatic N) is 1. The van der Waals surface area contributed by atoms with Crippen molar-refractivity contribution in [3.63, 3.8) is 0 Å². The Morgan fingerprint density at radius 3 is 2.54 bits per heavy atom. The number of nitrogens with one attached hydrogen (secondary N) is 1. The topological polar surface area (TPSA) is 88.7 Å². The summed E-state index contributed by atoms with van der Waals surface area (Å²) in [7, 11) is 2.89. The van der Waals surface area contributed by atoms with Gasteiger partial charge in [0.15, 0.2) is 5.78 Å². The van der Waals surface area contributed by atoms with Gasteiger partial charge >= 0.3 is 5.97 Å². The molecule has 2 aromatic rings. The van der Waals surface area contributed by atoms with E-state index in [1.807, 2.05) is 5.38 Å². The Kier molecular flexibility index (Phi) is 7.53. The molecule has 2 aromatic heterocycles. The Balaban J connectivity index is 2.34. The number of rotatable bonds is 9. The zero-order chi connectivity index (χ0) is 20.8. The van der Waals surface area contributed by atoms with Gasteiger partial charge in [-0.3, -0.25) is 9.59 Å². The number of aryl methyl sites for hydroxylation is 1. The van der Waals surface area contributed by atoms with Crippen LogP contribution in [0.2, 0.25) is 0 Å². The number of aromatic nitrogens is 1. The molecule has 1 amide bonds. The summed E-state index contributed by atoms with van der Waals surface area (Å²) >= 11 is 1.34. The summed E-state index contributed by atoms with van der Waals surface area (Å²) in [5.41, 5.74) is 1.78. The molecule has 2 rings (SSSR count). The molecule has 7 nitrogen and oxygen atoms in total. The Hall–Kier alpha value is -2.45. The van der Waals surface area contributed by atoms with E-state index < -0.39 is 12.0 Å². The van der Waals surface area contributed by atoms with E-state index in [1.165, 1.54) is 18.4 Å². The molecule has 0 saturated carbocycles. The molecular formula is C20H26N2O5S. The number of Topliss-reactive ketones (excluding diaryl/α,β-unsaturated/α-hetero) is 1. The number of ether oxygens (including phenoxy) is 2. The Bertz CT molecular complexity index is 841. The number of amides is 1. The highest BCUT2D eigenvalue weighted by atomic mass is 32.1. The minimum absolute atomic E-state index is 0.189. The first-order valence-corrected chi connectivity index (χ1v) is 9.86. The number of hydrogen-bond acceptors (Lipinski definition) is 6. The minimum Gasteiger partial charge on any atom is -0.464 e. The third kappa shape index (κ3) is 4.51. The van der Waals surface area contributed by atoms with E-state index in [1.54, 1.807) is 44.9 Å². The van der Waals surface area contributed by atoms with Crippen LogP contribution in [0.4, 0.5) is 0 Å². The van der Waals surface area contributed by atoms with Gasteiger partial charge in [-0.25, -0.2) is 4.79 Å². The van der Waals surface area contributed by atoms with Gasteiger partial charge in [0.1, 0.15) is 5.69 Å². The molecular weight excluding hydrogens is 380 g/mol. The fraction of sp³-hybridized carbons (Fsp3) is 0.450. The highest BCUT2D eigenvalue weighted by Gasteiger charge is 2.31. The van der Waals surface area contributed by atoms with Gasteiger partial charge in [0.25, 0.3) is 5.91 Å². The van der Waals surface area contributed by atoms with Crippen LogP contribution in [-0.2, 0) is 9.47 Å². The van der Waals surface area contributed by atoms with Crippen molar-refractivity contribution in [3.8, 4) is 0 Å². The molecule has 1 unspecified atom stereocenters. The number of methoxy groups -OCH3 is 2. The van der Waals surface area contributed by atoms with Gasteiger partial charge in [0, 0.05) is 31.5 Å². The number of H-pyrrole nitrogens is 1. The molecule has 2 heterocycles. The van der Waals surface area contributed by atoms with E-state index in [0.29, 0.717) is 41.3 Å². The van der Waals surface area contributed by atoms with Crippen molar-refractivity contribution in [2.45, 2.75) is 33.2 Å². The van der Waals surface area contributed by atoms with Crippen molar-refractivity contribution in [3.05, 3.63) is 44.9 Å². The van der Waals surface area contributed by atoms with E-state index in [9.17, 15) is 14.4 Å². The summed E-state index contributed by atoms with van der Waals surface area (Å²) in [4.78, 5) is 43.2. The first-order chi connectivity index (χ1) is 13.3. The van der Waals surface area contributed by atoms with Crippen molar-refractivity contribution in [1.29, 1.82) is 0 Å². The van der Waals surface area contributed by atoms with Crippen LogP contribution in [0.5, 0.6) is 0 Å². The van der Waals surface area contributed by atoms with Gasteiger partial charge < -0.3 is 19.4 Å². The lowest BCUT2D eigenvalue weighted by Gasteiger charge is -2.28. The standard InChI is InChI=1S/C20H26N2O5S/c1-12-16(13(2)21-17(12)20(25)27-5)18(23)14(3)22(9-7-10-26-4)19(24)15-8-6-11-28-15/h6,8,11,14,21H,7,9-10H2,1-5H3. The van der Waals surface area contributed by atoms with Gasteiger partial charge in [-0.15, -0.1) is 11.3 Å². The molecule has 0 aromatic carbocycles. The van der Waals surface area contributed by atoms with Crippen molar-refractivity contribution in [2.24, 2.45) is 0 Å². The largest absolute Gasteiger partial charge is 0.464 e. The maximum absolute atomic E-state index is 13.3. The fourth-order valence-electron chi connectivity index (χ4n) is 3.17. The average Bonchev–Trinajstić information content (AvgIpc) is 3.31. The first-order valence-electron chi connectivity index (χ1n) is 8.98. The number of carbonyl (C=O) groups excluding carboxylic acids is 3. The molecule has 8 heteroatoms. The van der Waals surface area contributed by atoms with Gasteiger partial charge in [-0.1, -0.05) is 6.07 Å². The van der Waals surface area contributed by atoms with Gasteiger partial charge in [0.05, 0.1) is 18.0 Å². The Morgan fingerprint density at radius 1 is 1.25 bits per heavy atom. The number of thiophene rings is 1. The monoisotopic (exact) mass is 406 g/mol. The summed E-state index contributed by atoms with van der Waals surface area (Å²) in [5, 5.41) is 1.83. The smallest absolute Gasteiger partial charge is 0.354 e. The fourth-order valence-corrected chi connectivity index (χ4v) is 3.85. The van der Waals surface area contributed by atoms with Crippen LogP contribution in [0.1, 0.15) is 55.1 Å². The van der Waals surface area contributed by atoms with E-state index >= 15 is 0 Å². The van der Waals surface area contributed by atoms with Crippen LogP contribution in [0.25, 0.3) is 0 Å². The second-order valence-corrected chi connectivity index (χ2v) is 7.43. The van der Waals surface area contributed by atoms with E-state index in [2.05, 4.69) is 4.98 Å². The van der Waals surface area contributed by atoms with Crippen molar-refractivity contribution >= 4 is 29.0 Å². The molecule has 0 aliphatic rings. The van der Waals surface area contributed by atoms with E-state index in [0.717, 1.165) is 0 Å². The van der Waals surface area contributed by atoms with E-state index in [-0.39, 0.29) is 17.4 Å². The lowest BCUT2D eigenvalue weighted by atomic mass is 9.99. The van der Waals surface area contributed by atoms with E-state index in [4.69, 9.17) is 9.47 Å². The normalized spacial score (nSPS) is 11.9. The number of carbonyl (C=O) groups is 3. The predicted octanol–water partition coefficient (Wildman–Crippen LogP) is 3.23. The third-order valence-corrected chi connectivity index (χ3v) is 5.52. The quantitative estimate of drug-likeness (QED) is 0.392. The predicted molar refractivity (Wildman–Crippen MR) is 107 cm³/mol. The highest BCUT2D eigenvalue weighted by molar-refractivity contribution is 7.12. The highest BCUT2D eigenvalue weighted by Crippen LogP contribution is 2.23. The summed E-state index contributed by atoms with van der Waals surface area (Å²) in [6, 6.07) is 2.86. The Labute approximate surface area is 168 Å². The summed E-state index contributed by atoms with van der Waals surface area (Å²) in [6.45, 7) is 6.03. The summed E-state index contributed by atoms with van der Waals surface area (Å²) in [5.74, 6) is -0.936. The molecule has 0 radical (unpaired) electrons. The lowest BCUT2D eigenvalue weighted by Crippen LogP contribution is -2.44. The molecule has 0 aliphatic carbocycles. The van der Waals surface area contributed by atoms with Crippen LogP contribution in [0.3, 0.4) is 0 Å². The number of esters is 1. The molecule has 0 saturated heterocycles. The van der Waals surface area contributed by atoms with Crippen molar-refractivity contribution in [2.75, 3.05) is 27.4 Å². The summed E-state index contributed by atoms with van der Waals surface area (Å²) in [6.07, 6.45) is 0.615. The molecule has 0 aliphatic heterocycles. The second-order valence-electron chi connectivity index (χ2n) is 6.48. The maximum Gasteiger partial charge on any atom is 0.354 e. The van der Waals surface area contributed by atoms with Gasteiger partial charge in [0.2, 0.25) is 0 Å². The van der Waals surface area contributed by atoms with Crippen LogP contribution in [-0.4, -0.2) is 61.0 Å². The zero-order valence-corrected chi connectivity index (χ0v) is 17.6. The molecule has 1 N–H and O–H groups in total. The van der Waals surface area contributed by atoms with Crippen LogP contribution >= 0.6 is 11.3 Å². The molecule has 28 heavy (non-hydrogen) atoms. The van der Waals surface area contributed by atoms with Crippen LogP contribution < -0.4 is 0 Å². The SMILES string of the molecule is COCCCN(C(=O)c1cccs1)C(C)C(=O)c1c(C)[nH]c(C(=O)OC)c1C. The third-order valence-electron chi connectivity index (χ3n) is 4.66. The lowest BCUT2D eigenvalue weighted by molar-refractivity contribution is 0.0591. The van der Waals surface area contributed by atoms with Gasteiger partial charge in [-0.05, 0) is 44.2 Å². The van der Waals surface area contributed by atoms with Crippen LogP contribution in [0.15, 0.2) is 17.5 Å². The molecule has 0 spiro atoms. The van der Waals surface area contributed by atoms with Crippen molar-refractivity contribution < 1.29 is 23.9 Å². The molecule has 152 valence electrons. The summed E-state index contributed by atoms with van der Waals surface area (Å²) < 4.78 is 9.86. The minimum atomic E-state index is -0.690. The zero-order valence-electron chi connectivity index (χ0n) is 16.8. The molecule has 1 atom stereocenters. The Morgan fingerprint density at radius 2 is 1.96 bits per heavy atom.